The zero-order valence-electron chi connectivity index (χ0n) is 13.1. The molecule has 4 aromatic rings. The van der Waals surface area contributed by atoms with Gasteiger partial charge in [-0.3, -0.25) is 4.79 Å². The zero-order chi connectivity index (χ0) is 16.8. The third-order valence-electron chi connectivity index (χ3n) is 4.02. The number of carbonyl (C=O) groups is 1. The third-order valence-corrected chi connectivity index (χ3v) is 5.28. The fourth-order valence-electron chi connectivity index (χ4n) is 2.85. The van der Waals surface area contributed by atoms with Crippen LogP contribution in [0.15, 0.2) is 42.5 Å². The van der Waals surface area contributed by atoms with Crippen molar-refractivity contribution in [2.24, 2.45) is 7.05 Å². The highest BCUT2D eigenvalue weighted by molar-refractivity contribution is 7.18. The van der Waals surface area contributed by atoms with Gasteiger partial charge in [0, 0.05) is 28.7 Å². The maximum absolute atomic E-state index is 12.7. The van der Waals surface area contributed by atoms with Crippen molar-refractivity contribution in [3.63, 3.8) is 0 Å². The van der Waals surface area contributed by atoms with E-state index in [1.165, 1.54) is 0 Å². The molecule has 2 heterocycles. The fraction of sp³-hybridized carbons (Fsp3) is 0.111. The Morgan fingerprint density at radius 2 is 2.08 bits per heavy atom. The minimum absolute atomic E-state index is 0.162. The van der Waals surface area contributed by atoms with E-state index in [2.05, 4.69) is 10.3 Å². The largest absolute Gasteiger partial charge is 0.340 e. The minimum atomic E-state index is -0.162. The van der Waals surface area contributed by atoms with E-state index < -0.39 is 0 Å². The average Bonchev–Trinajstić information content (AvgIpc) is 3.08. The molecular formula is C18H14ClN3OS. The molecule has 1 amide bonds. The van der Waals surface area contributed by atoms with Gasteiger partial charge in [0.05, 0.1) is 15.2 Å². The summed E-state index contributed by atoms with van der Waals surface area (Å²) in [5.74, 6) is -0.162. The number of rotatable bonds is 2. The van der Waals surface area contributed by atoms with Crippen LogP contribution < -0.4 is 5.32 Å². The second-order valence-electron chi connectivity index (χ2n) is 5.63. The van der Waals surface area contributed by atoms with Crippen molar-refractivity contribution in [2.45, 2.75) is 6.92 Å². The summed E-state index contributed by atoms with van der Waals surface area (Å²) in [7, 11) is 1.86. The molecule has 0 saturated carbocycles. The van der Waals surface area contributed by atoms with E-state index in [1.54, 1.807) is 11.3 Å². The van der Waals surface area contributed by atoms with E-state index in [9.17, 15) is 4.79 Å². The van der Waals surface area contributed by atoms with Crippen LogP contribution in [0.1, 0.15) is 15.5 Å². The monoisotopic (exact) mass is 355 g/mol. The molecule has 0 bridgehead atoms. The van der Waals surface area contributed by atoms with Crippen molar-refractivity contribution in [1.29, 1.82) is 0 Å². The summed E-state index contributed by atoms with van der Waals surface area (Å²) in [6.07, 6.45) is 0. The van der Waals surface area contributed by atoms with Gasteiger partial charge in [0.25, 0.3) is 5.91 Å². The van der Waals surface area contributed by atoms with Gasteiger partial charge in [0.15, 0.2) is 0 Å². The Hall–Kier alpha value is -2.37. The number of hydrogen-bond donors (Lipinski definition) is 1. The molecule has 0 atom stereocenters. The predicted octanol–water partition coefficient (Wildman–Crippen LogP) is 5.00. The normalized spacial score (nSPS) is 11.3. The lowest BCUT2D eigenvalue weighted by atomic mass is 10.2. The molecule has 0 aliphatic carbocycles. The molecular weight excluding hydrogens is 342 g/mol. The Labute approximate surface area is 147 Å². The maximum Gasteiger partial charge on any atom is 0.272 e. The number of anilines is 1. The van der Waals surface area contributed by atoms with Crippen molar-refractivity contribution in [1.82, 2.24) is 9.55 Å². The molecule has 24 heavy (non-hydrogen) atoms. The van der Waals surface area contributed by atoms with E-state index in [0.29, 0.717) is 10.7 Å². The van der Waals surface area contributed by atoms with Gasteiger partial charge in [0.2, 0.25) is 0 Å². The number of halogens is 1. The van der Waals surface area contributed by atoms with Gasteiger partial charge < -0.3 is 9.88 Å². The molecule has 0 aliphatic rings. The number of nitrogens with one attached hydrogen (secondary N) is 1. The summed E-state index contributed by atoms with van der Waals surface area (Å²) < 4.78 is 2.91. The molecule has 1 N–H and O–H groups in total. The van der Waals surface area contributed by atoms with Crippen molar-refractivity contribution >= 4 is 55.7 Å². The summed E-state index contributed by atoms with van der Waals surface area (Å²) in [6, 6.07) is 13.2. The van der Waals surface area contributed by atoms with Crippen molar-refractivity contribution < 1.29 is 4.79 Å². The quantitative estimate of drug-likeness (QED) is 0.550. The summed E-state index contributed by atoms with van der Waals surface area (Å²) in [6.45, 7) is 1.97. The number of benzene rings is 2. The van der Waals surface area contributed by atoms with Crippen molar-refractivity contribution in [2.75, 3.05) is 5.32 Å². The molecule has 2 aromatic carbocycles. The predicted molar refractivity (Wildman–Crippen MR) is 100 cm³/mol. The molecule has 4 rings (SSSR count). The Bertz CT molecular complexity index is 1100. The van der Waals surface area contributed by atoms with E-state index in [1.807, 2.05) is 61.0 Å². The van der Waals surface area contributed by atoms with Gasteiger partial charge in [-0.1, -0.05) is 17.7 Å². The van der Waals surface area contributed by atoms with Gasteiger partial charge in [-0.25, -0.2) is 4.98 Å². The highest BCUT2D eigenvalue weighted by Crippen LogP contribution is 2.28. The van der Waals surface area contributed by atoms with Crippen LogP contribution in [-0.2, 0) is 7.05 Å². The minimum Gasteiger partial charge on any atom is -0.340 e. The highest BCUT2D eigenvalue weighted by Gasteiger charge is 2.15. The Morgan fingerprint density at radius 1 is 1.25 bits per heavy atom. The SMILES string of the molecule is Cc1nc2ccc(NC(=O)c3cc4c(Cl)cccc4n3C)cc2s1. The summed E-state index contributed by atoms with van der Waals surface area (Å²) >= 11 is 7.84. The van der Waals surface area contributed by atoms with Crippen LogP contribution in [0.4, 0.5) is 5.69 Å². The topological polar surface area (TPSA) is 46.9 Å². The van der Waals surface area contributed by atoms with Crippen LogP contribution in [0.3, 0.4) is 0 Å². The van der Waals surface area contributed by atoms with E-state index in [-0.39, 0.29) is 5.91 Å². The van der Waals surface area contributed by atoms with E-state index >= 15 is 0 Å². The number of aromatic nitrogens is 2. The second-order valence-corrected chi connectivity index (χ2v) is 7.27. The maximum atomic E-state index is 12.7. The third kappa shape index (κ3) is 2.46. The van der Waals surface area contributed by atoms with Crippen LogP contribution in [-0.4, -0.2) is 15.5 Å². The Balaban J connectivity index is 1.70. The zero-order valence-corrected chi connectivity index (χ0v) is 14.7. The van der Waals surface area contributed by atoms with Crippen molar-refractivity contribution in [3.05, 3.63) is 58.2 Å². The molecule has 6 heteroatoms. The smallest absolute Gasteiger partial charge is 0.272 e. The first-order chi connectivity index (χ1) is 11.5. The van der Waals surface area contributed by atoms with Gasteiger partial charge >= 0.3 is 0 Å². The van der Waals surface area contributed by atoms with Gasteiger partial charge in [0.1, 0.15) is 5.69 Å². The first-order valence-corrected chi connectivity index (χ1v) is 8.65. The lowest BCUT2D eigenvalue weighted by molar-refractivity contribution is 0.102. The molecule has 0 radical (unpaired) electrons. The second kappa shape index (κ2) is 5.61. The molecule has 0 fully saturated rings. The van der Waals surface area contributed by atoms with Gasteiger partial charge in [-0.2, -0.15) is 0 Å². The Morgan fingerprint density at radius 3 is 2.88 bits per heavy atom. The number of nitrogens with zero attached hydrogens (tertiary/aromatic N) is 2. The number of carbonyl (C=O) groups excluding carboxylic acids is 1. The first-order valence-electron chi connectivity index (χ1n) is 7.45. The average molecular weight is 356 g/mol. The molecule has 4 nitrogen and oxygen atoms in total. The van der Waals surface area contributed by atoms with Crippen LogP contribution in [0, 0.1) is 6.92 Å². The highest BCUT2D eigenvalue weighted by atomic mass is 35.5. The fourth-order valence-corrected chi connectivity index (χ4v) is 3.95. The molecule has 0 saturated heterocycles. The van der Waals surface area contributed by atoms with Gasteiger partial charge in [-0.05, 0) is 43.3 Å². The number of fused-ring (bicyclic) bond motifs is 2. The van der Waals surface area contributed by atoms with Crippen LogP contribution in [0.2, 0.25) is 5.02 Å². The van der Waals surface area contributed by atoms with Crippen LogP contribution in [0.5, 0.6) is 0 Å². The summed E-state index contributed by atoms with van der Waals surface area (Å²) in [4.78, 5) is 17.1. The van der Waals surface area contributed by atoms with Crippen molar-refractivity contribution in [3.8, 4) is 0 Å². The van der Waals surface area contributed by atoms with E-state index in [0.717, 1.165) is 31.8 Å². The molecule has 120 valence electrons. The number of aryl methyl sites for hydroxylation is 2. The molecule has 2 aromatic heterocycles. The summed E-state index contributed by atoms with van der Waals surface area (Å²) in [5, 5.41) is 5.49. The number of thiazole rings is 1. The lowest BCUT2D eigenvalue weighted by Gasteiger charge is -2.06. The molecule has 0 aliphatic heterocycles. The standard InChI is InChI=1S/C18H14ClN3OS/c1-10-20-14-7-6-11(8-17(14)24-10)21-18(23)16-9-12-13(19)4-3-5-15(12)22(16)2/h3-9H,1-2H3,(H,21,23). The lowest BCUT2D eigenvalue weighted by Crippen LogP contribution is -2.15. The number of amides is 1. The van der Waals surface area contributed by atoms with Gasteiger partial charge in [-0.15, -0.1) is 11.3 Å². The van der Waals surface area contributed by atoms with E-state index in [4.69, 9.17) is 11.6 Å². The number of hydrogen-bond acceptors (Lipinski definition) is 3. The first kappa shape index (κ1) is 15.2. The molecule has 0 spiro atoms. The van der Waals surface area contributed by atoms with Crippen LogP contribution in [0.25, 0.3) is 21.1 Å². The molecule has 0 unspecified atom stereocenters. The summed E-state index contributed by atoms with van der Waals surface area (Å²) in [5.41, 5.74) is 3.21. The Kier molecular flexibility index (Phi) is 3.55. The van der Waals surface area contributed by atoms with Crippen LogP contribution >= 0.6 is 22.9 Å².